The van der Waals surface area contributed by atoms with Crippen molar-refractivity contribution in [3.63, 3.8) is 0 Å². The summed E-state index contributed by atoms with van der Waals surface area (Å²) in [7, 11) is 0. The Hall–Kier alpha value is -1.85. The van der Waals surface area contributed by atoms with Crippen molar-refractivity contribution >= 4 is 11.9 Å². The fourth-order valence-corrected chi connectivity index (χ4v) is 1.46. The van der Waals surface area contributed by atoms with E-state index < -0.39 is 17.6 Å². The first-order valence-electron chi connectivity index (χ1n) is 6.23. The Morgan fingerprint density at radius 3 is 2.42 bits per heavy atom. The van der Waals surface area contributed by atoms with Crippen LogP contribution in [-0.4, -0.2) is 33.7 Å². The molecule has 1 rings (SSSR count). The molecule has 6 nitrogen and oxygen atoms in total. The normalized spacial score (nSPS) is 13.2. The van der Waals surface area contributed by atoms with Gasteiger partial charge in [-0.2, -0.15) is 5.10 Å². The Balaban J connectivity index is 2.73. The summed E-state index contributed by atoms with van der Waals surface area (Å²) in [6.07, 6.45) is 2.88. The van der Waals surface area contributed by atoms with Crippen LogP contribution in [0, 0.1) is 5.92 Å². The van der Waals surface area contributed by atoms with Gasteiger partial charge in [-0.15, -0.1) is 0 Å². The Morgan fingerprint density at radius 2 is 2.00 bits per heavy atom. The van der Waals surface area contributed by atoms with E-state index in [1.54, 1.807) is 20.8 Å². The summed E-state index contributed by atoms with van der Waals surface area (Å²) in [5.41, 5.74) is -0.195. The average molecular weight is 267 g/mol. The second-order valence-electron chi connectivity index (χ2n) is 5.72. The lowest BCUT2D eigenvalue weighted by atomic mass is 10.0. The molecule has 0 spiro atoms. The quantitative estimate of drug-likeness (QED) is 0.810. The van der Waals surface area contributed by atoms with Crippen LogP contribution in [0.25, 0.3) is 0 Å². The second-order valence-corrected chi connectivity index (χ2v) is 5.72. The molecule has 1 amide bonds. The standard InChI is InChI=1S/C13H21N3O3/c1-8(2)10(12(18)19-13(3,4)5)16-11(17)9-6-14-15-7-9/h6-8,10H,1-5H3,(H,14,15)(H,16,17)/t10-/m1/s1. The smallest absolute Gasteiger partial charge is 0.329 e. The topological polar surface area (TPSA) is 84.1 Å². The lowest BCUT2D eigenvalue weighted by Gasteiger charge is -2.26. The molecule has 106 valence electrons. The molecule has 0 aliphatic rings. The van der Waals surface area contributed by atoms with Crippen LogP contribution in [0.2, 0.25) is 0 Å². The number of esters is 1. The van der Waals surface area contributed by atoms with Gasteiger partial charge in [0.2, 0.25) is 0 Å². The molecule has 0 aromatic carbocycles. The molecule has 0 saturated carbocycles. The van der Waals surface area contributed by atoms with Crippen molar-refractivity contribution in [2.75, 3.05) is 0 Å². The molecule has 1 atom stereocenters. The van der Waals surface area contributed by atoms with Gasteiger partial charge in [-0.25, -0.2) is 4.79 Å². The van der Waals surface area contributed by atoms with Gasteiger partial charge in [-0.3, -0.25) is 9.89 Å². The van der Waals surface area contributed by atoms with Crippen LogP contribution in [0.3, 0.4) is 0 Å². The molecule has 1 heterocycles. The molecule has 1 aromatic rings. The fraction of sp³-hybridized carbons (Fsp3) is 0.615. The summed E-state index contributed by atoms with van der Waals surface area (Å²) in [4.78, 5) is 24.0. The first-order valence-corrected chi connectivity index (χ1v) is 6.23. The lowest BCUT2D eigenvalue weighted by Crippen LogP contribution is -2.47. The Morgan fingerprint density at radius 1 is 1.37 bits per heavy atom. The summed E-state index contributed by atoms with van der Waals surface area (Å²) in [6.45, 7) is 9.08. The Bertz CT molecular complexity index is 432. The second kappa shape index (κ2) is 5.86. The maximum atomic E-state index is 12.0. The maximum Gasteiger partial charge on any atom is 0.329 e. The molecular formula is C13H21N3O3. The van der Waals surface area contributed by atoms with Crippen molar-refractivity contribution < 1.29 is 14.3 Å². The summed E-state index contributed by atoms with van der Waals surface area (Å²) >= 11 is 0. The van der Waals surface area contributed by atoms with E-state index >= 15 is 0 Å². The molecule has 6 heteroatoms. The summed E-state index contributed by atoms with van der Waals surface area (Å²) in [5.74, 6) is -0.844. The highest BCUT2D eigenvalue weighted by Gasteiger charge is 2.29. The number of nitrogens with zero attached hydrogens (tertiary/aromatic N) is 1. The zero-order chi connectivity index (χ0) is 14.6. The number of aromatic nitrogens is 2. The maximum absolute atomic E-state index is 12.0. The number of nitrogens with one attached hydrogen (secondary N) is 2. The minimum absolute atomic E-state index is 0.0642. The highest BCUT2D eigenvalue weighted by molar-refractivity contribution is 5.96. The number of hydrogen-bond acceptors (Lipinski definition) is 4. The van der Waals surface area contributed by atoms with Crippen molar-refractivity contribution in [1.82, 2.24) is 15.5 Å². The third-order valence-electron chi connectivity index (χ3n) is 2.37. The van der Waals surface area contributed by atoms with Gasteiger partial charge in [0.05, 0.1) is 11.8 Å². The lowest BCUT2D eigenvalue weighted by molar-refractivity contribution is -0.158. The number of H-pyrrole nitrogens is 1. The van der Waals surface area contributed by atoms with E-state index in [2.05, 4.69) is 15.5 Å². The zero-order valence-corrected chi connectivity index (χ0v) is 12.0. The third-order valence-corrected chi connectivity index (χ3v) is 2.37. The first kappa shape index (κ1) is 15.2. The largest absolute Gasteiger partial charge is 0.458 e. The predicted molar refractivity (Wildman–Crippen MR) is 70.5 cm³/mol. The van der Waals surface area contributed by atoms with Crippen LogP contribution < -0.4 is 5.32 Å². The van der Waals surface area contributed by atoms with Crippen LogP contribution in [0.5, 0.6) is 0 Å². The molecular weight excluding hydrogens is 246 g/mol. The van der Waals surface area contributed by atoms with Crippen LogP contribution in [0.4, 0.5) is 0 Å². The number of amides is 1. The van der Waals surface area contributed by atoms with E-state index in [1.165, 1.54) is 12.4 Å². The van der Waals surface area contributed by atoms with Crippen LogP contribution >= 0.6 is 0 Å². The van der Waals surface area contributed by atoms with E-state index in [1.807, 2.05) is 13.8 Å². The SMILES string of the molecule is CC(C)[C@@H](NC(=O)c1cn[nH]c1)C(=O)OC(C)(C)C. The minimum atomic E-state index is -0.679. The summed E-state index contributed by atoms with van der Waals surface area (Å²) < 4.78 is 5.30. The fourth-order valence-electron chi connectivity index (χ4n) is 1.46. The number of carbonyl (C=O) groups excluding carboxylic acids is 2. The monoisotopic (exact) mass is 267 g/mol. The van der Waals surface area contributed by atoms with E-state index in [4.69, 9.17) is 4.74 Å². The average Bonchev–Trinajstić information content (AvgIpc) is 2.75. The Kier molecular flexibility index (Phi) is 4.69. The van der Waals surface area contributed by atoms with Crippen molar-refractivity contribution in [3.8, 4) is 0 Å². The minimum Gasteiger partial charge on any atom is -0.458 e. The third kappa shape index (κ3) is 4.73. The molecule has 0 fully saturated rings. The van der Waals surface area contributed by atoms with Crippen molar-refractivity contribution in [3.05, 3.63) is 18.0 Å². The number of carbonyl (C=O) groups is 2. The zero-order valence-electron chi connectivity index (χ0n) is 12.0. The van der Waals surface area contributed by atoms with Gasteiger partial charge in [-0.1, -0.05) is 13.8 Å². The van der Waals surface area contributed by atoms with Gasteiger partial charge in [0.15, 0.2) is 0 Å². The van der Waals surface area contributed by atoms with Gasteiger partial charge in [-0.05, 0) is 26.7 Å². The van der Waals surface area contributed by atoms with Crippen molar-refractivity contribution in [1.29, 1.82) is 0 Å². The summed E-state index contributed by atoms with van der Waals surface area (Å²) in [5, 5.41) is 8.92. The highest BCUT2D eigenvalue weighted by Crippen LogP contribution is 2.12. The van der Waals surface area contributed by atoms with E-state index in [0.29, 0.717) is 5.56 Å². The van der Waals surface area contributed by atoms with Crippen molar-refractivity contribution in [2.45, 2.75) is 46.3 Å². The molecule has 0 radical (unpaired) electrons. The molecule has 2 N–H and O–H groups in total. The molecule has 19 heavy (non-hydrogen) atoms. The molecule has 0 unspecified atom stereocenters. The predicted octanol–water partition coefficient (Wildman–Crippen LogP) is 1.51. The molecule has 0 saturated heterocycles. The molecule has 0 bridgehead atoms. The molecule has 1 aromatic heterocycles. The summed E-state index contributed by atoms with van der Waals surface area (Å²) in [6, 6.07) is -0.679. The number of aromatic amines is 1. The number of hydrogen-bond donors (Lipinski definition) is 2. The molecule has 0 aliphatic heterocycles. The van der Waals surface area contributed by atoms with Crippen LogP contribution in [0.15, 0.2) is 12.4 Å². The van der Waals surface area contributed by atoms with Gasteiger partial charge in [0, 0.05) is 6.20 Å². The first-order chi connectivity index (χ1) is 8.70. The van der Waals surface area contributed by atoms with E-state index in [9.17, 15) is 9.59 Å². The number of ether oxygens (including phenoxy) is 1. The van der Waals surface area contributed by atoms with Gasteiger partial charge in [0.25, 0.3) is 5.91 Å². The number of rotatable bonds is 4. The Labute approximate surface area is 112 Å². The van der Waals surface area contributed by atoms with Gasteiger partial charge >= 0.3 is 5.97 Å². The van der Waals surface area contributed by atoms with Crippen molar-refractivity contribution in [2.24, 2.45) is 5.92 Å². The van der Waals surface area contributed by atoms with Crippen LogP contribution in [0.1, 0.15) is 45.0 Å². The van der Waals surface area contributed by atoms with Gasteiger partial charge < -0.3 is 10.1 Å². The molecule has 0 aliphatic carbocycles. The van der Waals surface area contributed by atoms with Gasteiger partial charge in [0.1, 0.15) is 11.6 Å². The highest BCUT2D eigenvalue weighted by atomic mass is 16.6. The van der Waals surface area contributed by atoms with E-state index in [-0.39, 0.29) is 11.8 Å². The van der Waals surface area contributed by atoms with E-state index in [0.717, 1.165) is 0 Å². The van der Waals surface area contributed by atoms with Crippen LogP contribution in [-0.2, 0) is 9.53 Å².